The highest BCUT2D eigenvalue weighted by molar-refractivity contribution is 5.61. The van der Waals surface area contributed by atoms with Crippen LogP contribution in [0, 0.1) is 12.7 Å². The largest absolute Gasteiger partial charge is 0.360 e. The molecule has 10 heteroatoms. The molecule has 4 heterocycles. The molecule has 2 aliphatic rings. The summed E-state index contributed by atoms with van der Waals surface area (Å²) in [7, 11) is 1.77. The van der Waals surface area contributed by atoms with Gasteiger partial charge in [-0.15, -0.1) is 0 Å². The first kappa shape index (κ1) is 21.5. The van der Waals surface area contributed by atoms with Crippen LogP contribution in [-0.4, -0.2) is 73.5 Å². The summed E-state index contributed by atoms with van der Waals surface area (Å²) in [5.74, 6) is -0.00425. The maximum Gasteiger partial charge on any atom is 0.226 e. The van der Waals surface area contributed by atoms with E-state index in [2.05, 4.69) is 32.3 Å². The number of rotatable bonds is 5. The maximum atomic E-state index is 14.5. The monoisotopic (exact) mass is 450 g/mol. The second-order valence-electron chi connectivity index (χ2n) is 8.37. The van der Waals surface area contributed by atoms with E-state index < -0.39 is 12.2 Å². The van der Waals surface area contributed by atoms with Crippen LogP contribution in [0.2, 0.25) is 0 Å². The second-order valence-corrected chi connectivity index (χ2v) is 8.37. The normalized spacial score (nSPS) is 19.9. The second kappa shape index (κ2) is 8.87. The third-order valence-corrected chi connectivity index (χ3v) is 6.18. The van der Waals surface area contributed by atoms with Crippen molar-refractivity contribution >= 4 is 12.2 Å². The number of hydrogen-bond acceptors (Lipinski definition) is 8. The van der Waals surface area contributed by atoms with Crippen LogP contribution in [0.15, 0.2) is 47.7 Å². The Bertz CT molecular complexity index is 1140. The van der Waals surface area contributed by atoms with Gasteiger partial charge in [-0.2, -0.15) is 10.2 Å². The summed E-state index contributed by atoms with van der Waals surface area (Å²) in [4.78, 5) is 12.7. The number of aliphatic hydroxyl groups excluding tert-OH is 1. The van der Waals surface area contributed by atoms with Gasteiger partial charge in [-0.25, -0.2) is 19.4 Å². The first-order chi connectivity index (χ1) is 16.0. The molecular formula is C23H27FN8O. The zero-order valence-electron chi connectivity index (χ0n) is 18.7. The lowest BCUT2D eigenvalue weighted by atomic mass is 10.0. The van der Waals surface area contributed by atoms with Gasteiger partial charge >= 0.3 is 0 Å². The van der Waals surface area contributed by atoms with Crippen LogP contribution in [0.1, 0.15) is 23.7 Å². The zero-order chi connectivity index (χ0) is 22.9. The number of hydrogen-bond donors (Lipinski definition) is 1. The van der Waals surface area contributed by atoms with Crippen molar-refractivity contribution in [3.8, 4) is 11.4 Å². The average molecular weight is 451 g/mol. The zero-order valence-corrected chi connectivity index (χ0v) is 18.7. The van der Waals surface area contributed by atoms with Gasteiger partial charge in [0.2, 0.25) is 12.3 Å². The Labute approximate surface area is 191 Å². The predicted octanol–water partition coefficient (Wildman–Crippen LogP) is 2.16. The van der Waals surface area contributed by atoms with Crippen LogP contribution in [0.4, 0.5) is 10.3 Å². The van der Waals surface area contributed by atoms with Gasteiger partial charge in [-0.3, -0.25) is 9.58 Å². The first-order valence-electron chi connectivity index (χ1n) is 11.1. The van der Waals surface area contributed by atoms with Crippen molar-refractivity contribution in [2.24, 2.45) is 12.1 Å². The number of anilines is 1. The summed E-state index contributed by atoms with van der Waals surface area (Å²) in [5.41, 5.74) is 2.78. The smallest absolute Gasteiger partial charge is 0.226 e. The van der Waals surface area contributed by atoms with Crippen molar-refractivity contribution in [1.29, 1.82) is 0 Å². The molecule has 5 rings (SSSR count). The molecule has 1 aromatic carbocycles. The first-order valence-corrected chi connectivity index (χ1v) is 11.1. The molecule has 1 fully saturated rings. The summed E-state index contributed by atoms with van der Waals surface area (Å²) >= 11 is 0. The number of halogens is 1. The van der Waals surface area contributed by atoms with Gasteiger partial charge in [-0.1, -0.05) is 30.3 Å². The Balaban J connectivity index is 1.27. The van der Waals surface area contributed by atoms with Crippen molar-refractivity contribution in [2.45, 2.75) is 25.7 Å². The van der Waals surface area contributed by atoms with Crippen LogP contribution in [0.5, 0.6) is 0 Å². The quantitative estimate of drug-likeness (QED) is 0.638. The van der Waals surface area contributed by atoms with Crippen LogP contribution < -0.4 is 4.90 Å². The predicted molar refractivity (Wildman–Crippen MR) is 123 cm³/mol. The maximum absolute atomic E-state index is 14.5. The van der Waals surface area contributed by atoms with E-state index in [0.717, 1.165) is 17.7 Å². The minimum Gasteiger partial charge on any atom is -0.360 e. The summed E-state index contributed by atoms with van der Waals surface area (Å²) in [5, 5.41) is 21.5. The number of aromatic nitrogens is 4. The molecule has 2 aromatic heterocycles. The fourth-order valence-electron chi connectivity index (χ4n) is 4.46. The van der Waals surface area contributed by atoms with Gasteiger partial charge in [0, 0.05) is 45.9 Å². The van der Waals surface area contributed by atoms with E-state index in [1.54, 1.807) is 16.7 Å². The van der Waals surface area contributed by atoms with Crippen molar-refractivity contribution in [2.75, 3.05) is 31.1 Å². The molecule has 3 aromatic rings. The Morgan fingerprint density at radius 1 is 1.12 bits per heavy atom. The fraction of sp³-hybridized carbons (Fsp3) is 0.391. The molecule has 2 aliphatic heterocycles. The van der Waals surface area contributed by atoms with Crippen molar-refractivity contribution in [3.05, 3.63) is 59.7 Å². The molecular weight excluding hydrogens is 423 g/mol. The number of aliphatic hydroxyl groups is 1. The fourth-order valence-corrected chi connectivity index (χ4v) is 4.46. The minimum atomic E-state index is -0.821. The van der Waals surface area contributed by atoms with E-state index >= 15 is 0 Å². The third-order valence-electron chi connectivity index (χ3n) is 6.18. The SMILES string of the molecule is Cc1cc(-c2nc(N3CCN(C(O)N4N=CC[C@H]4c4ccccc4)CC3)ncc2F)n(C)n1. The molecule has 1 N–H and O–H groups in total. The lowest BCUT2D eigenvalue weighted by Crippen LogP contribution is -2.55. The van der Waals surface area contributed by atoms with Gasteiger partial charge in [0.05, 0.1) is 23.6 Å². The molecule has 0 spiro atoms. The van der Waals surface area contributed by atoms with E-state index in [1.807, 2.05) is 47.2 Å². The van der Waals surface area contributed by atoms with Crippen molar-refractivity contribution in [1.82, 2.24) is 29.7 Å². The molecule has 0 saturated carbocycles. The van der Waals surface area contributed by atoms with Crippen LogP contribution in [-0.2, 0) is 7.05 Å². The third kappa shape index (κ3) is 4.19. The highest BCUT2D eigenvalue weighted by atomic mass is 19.1. The molecule has 172 valence electrons. The summed E-state index contributed by atoms with van der Waals surface area (Å²) in [6.45, 7) is 4.30. The Kier molecular flexibility index (Phi) is 5.77. The Morgan fingerprint density at radius 2 is 1.88 bits per heavy atom. The number of benzene rings is 1. The summed E-state index contributed by atoms with van der Waals surface area (Å²) < 4.78 is 16.1. The Hall–Kier alpha value is -3.37. The molecule has 1 unspecified atom stereocenters. The summed E-state index contributed by atoms with van der Waals surface area (Å²) in [6.07, 6.45) is 3.01. The van der Waals surface area contributed by atoms with Gasteiger partial charge in [0.1, 0.15) is 5.69 Å². The van der Waals surface area contributed by atoms with Crippen molar-refractivity contribution < 1.29 is 9.50 Å². The minimum absolute atomic E-state index is 0.0181. The van der Waals surface area contributed by atoms with Gasteiger partial charge in [-0.05, 0) is 18.6 Å². The molecule has 2 atom stereocenters. The van der Waals surface area contributed by atoms with E-state index in [9.17, 15) is 9.50 Å². The van der Waals surface area contributed by atoms with E-state index in [4.69, 9.17) is 0 Å². The van der Waals surface area contributed by atoms with Gasteiger partial charge in [0.15, 0.2) is 5.82 Å². The Morgan fingerprint density at radius 3 is 2.58 bits per heavy atom. The number of nitrogens with zero attached hydrogens (tertiary/aromatic N) is 8. The molecule has 33 heavy (non-hydrogen) atoms. The number of aryl methyl sites for hydroxylation is 2. The van der Waals surface area contributed by atoms with Gasteiger partial charge in [0.25, 0.3) is 0 Å². The van der Waals surface area contributed by atoms with Gasteiger partial charge < -0.3 is 10.0 Å². The lowest BCUT2D eigenvalue weighted by Gasteiger charge is -2.41. The highest BCUT2D eigenvalue weighted by Crippen LogP contribution is 2.31. The highest BCUT2D eigenvalue weighted by Gasteiger charge is 2.33. The van der Waals surface area contributed by atoms with E-state index in [-0.39, 0.29) is 11.7 Å². The molecule has 0 radical (unpaired) electrons. The number of piperazine rings is 1. The van der Waals surface area contributed by atoms with Crippen molar-refractivity contribution in [3.63, 3.8) is 0 Å². The molecule has 0 amide bonds. The molecule has 0 bridgehead atoms. The van der Waals surface area contributed by atoms with Crippen LogP contribution in [0.25, 0.3) is 11.4 Å². The lowest BCUT2D eigenvalue weighted by molar-refractivity contribution is -0.126. The van der Waals surface area contributed by atoms with E-state index in [0.29, 0.717) is 37.8 Å². The standard InChI is InChI=1S/C23H27FN8O/c1-16-14-20(29(2)28-16)21-18(24)15-25-22(27-21)30-10-12-31(13-11-30)23(33)32-19(8-9-26-32)17-6-4-3-5-7-17/h3-7,9,14-15,19,23,33H,8,10-13H2,1-2H3/t19-,23?/m0/s1. The number of hydrazone groups is 1. The molecule has 9 nitrogen and oxygen atoms in total. The average Bonchev–Trinajstić information content (AvgIpc) is 3.46. The van der Waals surface area contributed by atoms with Crippen LogP contribution in [0.3, 0.4) is 0 Å². The van der Waals surface area contributed by atoms with Crippen LogP contribution >= 0.6 is 0 Å². The van der Waals surface area contributed by atoms with E-state index in [1.165, 1.54) is 6.20 Å². The summed E-state index contributed by atoms with van der Waals surface area (Å²) in [6, 6.07) is 11.9. The molecule has 0 aliphatic carbocycles. The topological polar surface area (TPSA) is 85.9 Å². The molecule has 1 saturated heterocycles.